The van der Waals surface area contributed by atoms with E-state index in [4.69, 9.17) is 9.47 Å². The van der Waals surface area contributed by atoms with Crippen molar-refractivity contribution in [1.29, 1.82) is 0 Å². The van der Waals surface area contributed by atoms with E-state index in [1.165, 1.54) is 0 Å². The minimum absolute atomic E-state index is 0.121. The van der Waals surface area contributed by atoms with Crippen LogP contribution in [0.25, 0.3) is 0 Å². The van der Waals surface area contributed by atoms with Crippen LogP contribution in [0.5, 0.6) is 5.75 Å². The number of benzene rings is 2. The van der Waals surface area contributed by atoms with Crippen LogP contribution in [-0.2, 0) is 10.2 Å². The van der Waals surface area contributed by atoms with Gasteiger partial charge in [-0.2, -0.15) is 0 Å². The van der Waals surface area contributed by atoms with E-state index >= 15 is 0 Å². The summed E-state index contributed by atoms with van der Waals surface area (Å²) in [6.45, 7) is 3.19. The van der Waals surface area contributed by atoms with Gasteiger partial charge in [-0.3, -0.25) is 9.59 Å². The fourth-order valence-corrected chi connectivity index (χ4v) is 4.41. The molecule has 0 unspecified atom stereocenters. The second-order valence-corrected chi connectivity index (χ2v) is 8.10. The van der Waals surface area contributed by atoms with Crippen molar-refractivity contribution < 1.29 is 19.1 Å². The molecule has 0 spiro atoms. The third-order valence-corrected chi connectivity index (χ3v) is 6.35. The summed E-state index contributed by atoms with van der Waals surface area (Å²) < 4.78 is 11.3. The molecule has 2 aromatic rings. The Morgan fingerprint density at radius 1 is 1.20 bits per heavy atom. The van der Waals surface area contributed by atoms with E-state index in [-0.39, 0.29) is 17.9 Å². The number of hydrogen-bond acceptors (Lipinski definition) is 4. The maximum absolute atomic E-state index is 13.0. The Bertz CT molecular complexity index is 959. The normalized spacial score (nSPS) is 24.0. The molecule has 0 radical (unpaired) electrons. The maximum atomic E-state index is 13.0. The van der Waals surface area contributed by atoms with Gasteiger partial charge in [0.05, 0.1) is 17.6 Å². The van der Waals surface area contributed by atoms with Gasteiger partial charge in [-0.05, 0) is 30.5 Å². The minimum Gasteiger partial charge on any atom is -0.491 e. The van der Waals surface area contributed by atoms with Gasteiger partial charge >= 0.3 is 0 Å². The van der Waals surface area contributed by atoms with E-state index in [1.807, 2.05) is 24.3 Å². The Labute approximate surface area is 177 Å². The standard InChI is InChI=1S/C24H28N2O4/c1-4-24(17-8-6-5-7-9-17)14-30-21-18(23(28)25-2)10-15(11-19(21)24)22(27)26-20-12-16(20)13-29-3/h5-11,16,20H,4,12-14H2,1-3H3,(H,25,28)(H,26,27)/t16-,20+,24+/m0/s1. The van der Waals surface area contributed by atoms with Crippen LogP contribution in [0.4, 0.5) is 0 Å². The Kier molecular flexibility index (Phi) is 5.52. The average molecular weight is 408 g/mol. The van der Waals surface area contributed by atoms with Crippen LogP contribution in [0.2, 0.25) is 0 Å². The summed E-state index contributed by atoms with van der Waals surface area (Å²) in [6.07, 6.45) is 1.71. The lowest BCUT2D eigenvalue weighted by Gasteiger charge is -2.27. The highest BCUT2D eigenvalue weighted by atomic mass is 16.5. The van der Waals surface area contributed by atoms with Crippen LogP contribution in [-0.4, -0.2) is 45.2 Å². The molecule has 2 amide bonds. The maximum Gasteiger partial charge on any atom is 0.254 e. The van der Waals surface area contributed by atoms with Gasteiger partial charge in [-0.15, -0.1) is 0 Å². The summed E-state index contributed by atoms with van der Waals surface area (Å²) >= 11 is 0. The van der Waals surface area contributed by atoms with E-state index in [1.54, 1.807) is 20.2 Å². The van der Waals surface area contributed by atoms with Crippen molar-refractivity contribution in [2.75, 3.05) is 27.4 Å². The number of ether oxygens (including phenoxy) is 2. The molecule has 1 aliphatic heterocycles. The van der Waals surface area contributed by atoms with Gasteiger partial charge in [0.15, 0.2) is 0 Å². The highest BCUT2D eigenvalue weighted by Crippen LogP contribution is 2.48. The van der Waals surface area contributed by atoms with Crippen LogP contribution in [0, 0.1) is 5.92 Å². The third-order valence-electron chi connectivity index (χ3n) is 6.35. The highest BCUT2D eigenvalue weighted by Gasteiger charge is 2.44. The number of rotatable bonds is 7. The minimum atomic E-state index is -0.395. The molecule has 1 saturated carbocycles. The molecule has 1 fully saturated rings. The van der Waals surface area contributed by atoms with Crippen LogP contribution >= 0.6 is 0 Å². The zero-order valence-electron chi connectivity index (χ0n) is 17.7. The van der Waals surface area contributed by atoms with Crippen molar-refractivity contribution in [3.05, 3.63) is 64.7 Å². The van der Waals surface area contributed by atoms with E-state index in [0.29, 0.717) is 36.0 Å². The van der Waals surface area contributed by atoms with E-state index in [2.05, 4.69) is 29.7 Å². The zero-order valence-corrected chi connectivity index (χ0v) is 17.7. The molecule has 4 rings (SSSR count). The molecule has 2 aromatic carbocycles. The van der Waals surface area contributed by atoms with Crippen molar-refractivity contribution in [2.45, 2.75) is 31.2 Å². The first-order valence-corrected chi connectivity index (χ1v) is 10.4. The number of hydrogen-bond donors (Lipinski definition) is 2. The van der Waals surface area contributed by atoms with E-state index in [9.17, 15) is 9.59 Å². The molecule has 1 aliphatic carbocycles. The first-order chi connectivity index (χ1) is 14.5. The fourth-order valence-electron chi connectivity index (χ4n) is 4.41. The second-order valence-electron chi connectivity index (χ2n) is 8.10. The number of fused-ring (bicyclic) bond motifs is 1. The molecule has 2 aliphatic rings. The summed E-state index contributed by atoms with van der Waals surface area (Å²) in [5.41, 5.74) is 2.50. The van der Waals surface area contributed by atoms with Gasteiger partial charge in [0.1, 0.15) is 12.4 Å². The van der Waals surface area contributed by atoms with Gasteiger partial charge < -0.3 is 20.1 Å². The Hall–Kier alpha value is -2.86. The summed E-state index contributed by atoms with van der Waals surface area (Å²) in [5, 5.41) is 5.75. The number of carbonyl (C=O) groups excluding carboxylic acids is 2. The lowest BCUT2D eigenvalue weighted by atomic mass is 9.73. The topological polar surface area (TPSA) is 76.7 Å². The SMILES string of the molecule is CC[C@]1(c2ccccc2)COc2c(C(=O)NC)cc(C(=O)N[C@@H]3C[C@H]3COC)cc21. The van der Waals surface area contributed by atoms with Crippen LogP contribution in [0.1, 0.15) is 51.6 Å². The van der Waals surface area contributed by atoms with Crippen molar-refractivity contribution in [3.63, 3.8) is 0 Å². The average Bonchev–Trinajstić information content (AvgIpc) is 3.39. The molecule has 158 valence electrons. The summed E-state index contributed by atoms with van der Waals surface area (Å²) in [6, 6.07) is 13.8. The molecule has 30 heavy (non-hydrogen) atoms. The third kappa shape index (κ3) is 3.45. The fraction of sp³-hybridized carbons (Fsp3) is 0.417. The lowest BCUT2D eigenvalue weighted by Crippen LogP contribution is -2.30. The van der Waals surface area contributed by atoms with Crippen molar-refractivity contribution in [1.82, 2.24) is 10.6 Å². The number of amides is 2. The number of nitrogens with one attached hydrogen (secondary N) is 2. The molecular formula is C24H28N2O4. The molecule has 0 bridgehead atoms. The smallest absolute Gasteiger partial charge is 0.254 e. The van der Waals surface area contributed by atoms with Gasteiger partial charge in [0.2, 0.25) is 0 Å². The van der Waals surface area contributed by atoms with Crippen molar-refractivity contribution in [2.24, 2.45) is 5.92 Å². The quantitative estimate of drug-likeness (QED) is 0.739. The highest BCUT2D eigenvalue weighted by molar-refractivity contribution is 6.02. The molecule has 6 nitrogen and oxygen atoms in total. The van der Waals surface area contributed by atoms with Crippen LogP contribution in [0.3, 0.4) is 0 Å². The predicted molar refractivity (Wildman–Crippen MR) is 114 cm³/mol. The zero-order chi connectivity index (χ0) is 21.3. The molecule has 0 saturated heterocycles. The summed E-state index contributed by atoms with van der Waals surface area (Å²) in [4.78, 5) is 25.6. The van der Waals surface area contributed by atoms with E-state index < -0.39 is 5.41 Å². The Morgan fingerprint density at radius 2 is 1.97 bits per heavy atom. The van der Waals surface area contributed by atoms with E-state index in [0.717, 1.165) is 24.0 Å². The first kappa shape index (κ1) is 20.4. The van der Waals surface area contributed by atoms with Crippen molar-refractivity contribution >= 4 is 11.8 Å². The molecule has 6 heteroatoms. The van der Waals surface area contributed by atoms with Gasteiger partial charge in [0, 0.05) is 37.2 Å². The van der Waals surface area contributed by atoms with Gasteiger partial charge in [0.25, 0.3) is 11.8 Å². The molecule has 1 heterocycles. The summed E-state index contributed by atoms with van der Waals surface area (Å²) in [5.74, 6) is 0.496. The van der Waals surface area contributed by atoms with Gasteiger partial charge in [-0.25, -0.2) is 0 Å². The van der Waals surface area contributed by atoms with Crippen molar-refractivity contribution in [3.8, 4) is 5.75 Å². The van der Waals surface area contributed by atoms with Gasteiger partial charge in [-0.1, -0.05) is 37.3 Å². The Morgan fingerprint density at radius 3 is 2.63 bits per heavy atom. The number of carbonyl (C=O) groups is 2. The second kappa shape index (κ2) is 8.11. The molecule has 0 aromatic heterocycles. The molecule has 3 atom stereocenters. The van der Waals surface area contributed by atoms with Crippen LogP contribution in [0.15, 0.2) is 42.5 Å². The molecular weight excluding hydrogens is 380 g/mol. The van der Waals surface area contributed by atoms with Crippen LogP contribution < -0.4 is 15.4 Å². The Balaban J connectivity index is 1.75. The lowest BCUT2D eigenvalue weighted by molar-refractivity contribution is 0.0945. The first-order valence-electron chi connectivity index (χ1n) is 10.4. The summed E-state index contributed by atoms with van der Waals surface area (Å²) in [7, 11) is 3.25. The predicted octanol–water partition coefficient (Wildman–Crippen LogP) is 2.90. The number of methoxy groups -OCH3 is 1. The monoisotopic (exact) mass is 408 g/mol. The largest absolute Gasteiger partial charge is 0.491 e. The molecule has 2 N–H and O–H groups in total.